The third kappa shape index (κ3) is 6.39. The molecule has 2 aromatic carbocycles. The molecule has 0 atom stereocenters. The highest BCUT2D eigenvalue weighted by Crippen LogP contribution is 2.22. The van der Waals surface area contributed by atoms with Crippen LogP contribution in [0.1, 0.15) is 0 Å². The number of anilines is 1. The number of nitrogens with one attached hydrogen (secondary N) is 2. The summed E-state index contributed by atoms with van der Waals surface area (Å²) in [7, 11) is -3.09. The molecule has 6 nitrogen and oxygen atoms in total. The van der Waals surface area contributed by atoms with Gasteiger partial charge in [-0.05, 0) is 36.4 Å². The van der Waals surface area contributed by atoms with Crippen molar-refractivity contribution in [3.8, 4) is 11.5 Å². The van der Waals surface area contributed by atoms with E-state index in [1.165, 1.54) is 0 Å². The molecule has 23 heavy (non-hydrogen) atoms. The van der Waals surface area contributed by atoms with Crippen LogP contribution in [-0.2, 0) is 9.84 Å². The van der Waals surface area contributed by atoms with Gasteiger partial charge in [-0.25, -0.2) is 13.2 Å². The highest BCUT2D eigenvalue weighted by Gasteiger charge is 2.05. The van der Waals surface area contributed by atoms with Gasteiger partial charge in [0.25, 0.3) is 0 Å². The lowest BCUT2D eigenvalue weighted by Gasteiger charge is -2.09. The summed E-state index contributed by atoms with van der Waals surface area (Å²) in [6.07, 6.45) is 1.12. The molecule has 2 amide bonds. The van der Waals surface area contributed by atoms with Gasteiger partial charge in [0.2, 0.25) is 0 Å². The fraction of sp³-hybridized carbons (Fsp3) is 0.188. The van der Waals surface area contributed by atoms with Crippen LogP contribution in [0.2, 0.25) is 0 Å². The average molecular weight is 334 g/mol. The van der Waals surface area contributed by atoms with Gasteiger partial charge in [0.05, 0.1) is 5.75 Å². The fourth-order valence-corrected chi connectivity index (χ4v) is 2.23. The Morgan fingerprint density at radius 2 is 1.61 bits per heavy atom. The van der Waals surface area contributed by atoms with Crippen LogP contribution < -0.4 is 15.4 Å². The third-order valence-corrected chi connectivity index (χ3v) is 3.80. The zero-order valence-electron chi connectivity index (χ0n) is 12.7. The van der Waals surface area contributed by atoms with Crippen molar-refractivity contribution in [3.05, 3.63) is 54.6 Å². The van der Waals surface area contributed by atoms with Gasteiger partial charge in [-0.1, -0.05) is 18.2 Å². The first-order valence-corrected chi connectivity index (χ1v) is 9.04. The lowest BCUT2D eigenvalue weighted by Crippen LogP contribution is -2.32. The fourth-order valence-electron chi connectivity index (χ4n) is 1.76. The molecule has 0 saturated carbocycles. The molecule has 0 radical (unpaired) electrons. The number of sulfone groups is 1. The summed E-state index contributed by atoms with van der Waals surface area (Å²) in [5, 5.41) is 5.10. The van der Waals surface area contributed by atoms with E-state index in [9.17, 15) is 13.2 Å². The molecule has 0 fully saturated rings. The molecule has 0 bridgehead atoms. The first-order valence-electron chi connectivity index (χ1n) is 6.98. The predicted octanol–water partition coefficient (Wildman–Crippen LogP) is 2.65. The van der Waals surface area contributed by atoms with Gasteiger partial charge in [-0.2, -0.15) is 0 Å². The number of para-hydroxylation sites is 1. The molecule has 0 aliphatic carbocycles. The van der Waals surface area contributed by atoms with Crippen molar-refractivity contribution in [1.82, 2.24) is 5.32 Å². The first kappa shape index (κ1) is 16.8. The number of urea groups is 1. The molecule has 2 aromatic rings. The van der Waals surface area contributed by atoms with Gasteiger partial charge in [-0.3, -0.25) is 0 Å². The summed E-state index contributed by atoms with van der Waals surface area (Å²) in [5.74, 6) is 1.29. The standard InChI is InChI=1S/C16H18N2O4S/c1-23(20,21)12-11-17-16(19)18-13-7-9-15(10-8-13)22-14-5-3-2-4-6-14/h2-10H,11-12H2,1H3,(H2,17,18,19). The summed E-state index contributed by atoms with van der Waals surface area (Å²) >= 11 is 0. The number of hydrogen-bond donors (Lipinski definition) is 2. The van der Waals surface area contributed by atoms with Crippen molar-refractivity contribution < 1.29 is 17.9 Å². The van der Waals surface area contributed by atoms with Crippen molar-refractivity contribution in [1.29, 1.82) is 0 Å². The van der Waals surface area contributed by atoms with Gasteiger partial charge in [0.15, 0.2) is 0 Å². The summed E-state index contributed by atoms with van der Waals surface area (Å²) in [6, 6.07) is 15.8. The lowest BCUT2D eigenvalue weighted by molar-refractivity contribution is 0.252. The minimum atomic E-state index is -3.09. The Hall–Kier alpha value is -2.54. The molecule has 2 N–H and O–H groups in total. The average Bonchev–Trinajstić information content (AvgIpc) is 2.49. The molecule has 0 aromatic heterocycles. The van der Waals surface area contributed by atoms with Crippen LogP contribution in [0.15, 0.2) is 54.6 Å². The Morgan fingerprint density at radius 3 is 2.22 bits per heavy atom. The van der Waals surface area contributed by atoms with Crippen LogP contribution in [-0.4, -0.2) is 33.0 Å². The van der Waals surface area contributed by atoms with Crippen LogP contribution in [0, 0.1) is 0 Å². The van der Waals surface area contributed by atoms with Crippen molar-refractivity contribution in [3.63, 3.8) is 0 Å². The van der Waals surface area contributed by atoms with Crippen LogP contribution >= 0.6 is 0 Å². The molecule has 0 unspecified atom stereocenters. The molecule has 0 aliphatic heterocycles. The molecular formula is C16H18N2O4S. The Labute approximate surface area is 135 Å². The van der Waals surface area contributed by atoms with Gasteiger partial charge in [-0.15, -0.1) is 0 Å². The minimum Gasteiger partial charge on any atom is -0.457 e. The number of benzene rings is 2. The first-order chi connectivity index (χ1) is 10.9. The Balaban J connectivity index is 1.84. The van der Waals surface area contributed by atoms with Crippen LogP contribution in [0.25, 0.3) is 0 Å². The molecule has 2 rings (SSSR count). The molecule has 0 saturated heterocycles. The van der Waals surface area contributed by atoms with E-state index in [-0.39, 0.29) is 12.3 Å². The minimum absolute atomic E-state index is 0.0693. The number of amides is 2. The Bertz CT molecular complexity index is 743. The van der Waals surface area contributed by atoms with Gasteiger partial charge < -0.3 is 15.4 Å². The van der Waals surface area contributed by atoms with E-state index in [0.717, 1.165) is 12.0 Å². The number of ether oxygens (including phenoxy) is 1. The second-order valence-corrected chi connectivity index (χ2v) is 7.21. The summed E-state index contributed by atoms with van der Waals surface area (Å²) in [6.45, 7) is 0.0693. The van der Waals surface area contributed by atoms with Crippen LogP contribution in [0.5, 0.6) is 11.5 Å². The third-order valence-electron chi connectivity index (χ3n) is 2.85. The van der Waals surface area contributed by atoms with E-state index >= 15 is 0 Å². The van der Waals surface area contributed by atoms with E-state index in [1.54, 1.807) is 24.3 Å². The van der Waals surface area contributed by atoms with Crippen molar-refractivity contribution in [2.24, 2.45) is 0 Å². The smallest absolute Gasteiger partial charge is 0.319 e. The zero-order chi connectivity index (χ0) is 16.7. The van der Waals surface area contributed by atoms with E-state index in [0.29, 0.717) is 11.4 Å². The maximum atomic E-state index is 11.6. The largest absolute Gasteiger partial charge is 0.457 e. The normalized spacial score (nSPS) is 10.8. The van der Waals surface area contributed by atoms with Crippen LogP contribution in [0.3, 0.4) is 0 Å². The predicted molar refractivity (Wildman–Crippen MR) is 89.7 cm³/mol. The molecule has 0 aliphatic rings. The number of carbonyl (C=O) groups excluding carboxylic acids is 1. The molecule has 7 heteroatoms. The zero-order valence-corrected chi connectivity index (χ0v) is 13.5. The molecular weight excluding hydrogens is 316 g/mol. The van der Waals surface area contributed by atoms with Gasteiger partial charge in [0, 0.05) is 18.5 Å². The van der Waals surface area contributed by atoms with Gasteiger partial charge in [0.1, 0.15) is 21.3 Å². The number of carbonyl (C=O) groups is 1. The molecule has 122 valence electrons. The quantitative estimate of drug-likeness (QED) is 0.850. The molecule has 0 spiro atoms. The summed E-state index contributed by atoms with van der Waals surface area (Å²) < 4.78 is 27.6. The maximum Gasteiger partial charge on any atom is 0.319 e. The van der Waals surface area contributed by atoms with Crippen LogP contribution in [0.4, 0.5) is 10.5 Å². The highest BCUT2D eigenvalue weighted by molar-refractivity contribution is 7.90. The van der Waals surface area contributed by atoms with Crippen molar-refractivity contribution in [2.75, 3.05) is 23.9 Å². The topological polar surface area (TPSA) is 84.5 Å². The van der Waals surface area contributed by atoms with Gasteiger partial charge >= 0.3 is 6.03 Å². The Kier molecular flexibility index (Phi) is 5.59. The Morgan fingerprint density at radius 1 is 1.00 bits per heavy atom. The summed E-state index contributed by atoms with van der Waals surface area (Å²) in [4.78, 5) is 11.6. The SMILES string of the molecule is CS(=O)(=O)CCNC(=O)Nc1ccc(Oc2ccccc2)cc1. The lowest BCUT2D eigenvalue weighted by atomic mass is 10.3. The monoisotopic (exact) mass is 334 g/mol. The van der Waals surface area contributed by atoms with E-state index in [1.807, 2.05) is 30.3 Å². The van der Waals surface area contributed by atoms with Crippen molar-refractivity contribution >= 4 is 21.6 Å². The molecule has 0 heterocycles. The number of hydrogen-bond acceptors (Lipinski definition) is 4. The maximum absolute atomic E-state index is 11.6. The summed E-state index contributed by atoms with van der Waals surface area (Å²) in [5.41, 5.74) is 0.585. The number of rotatable bonds is 6. The van der Waals surface area contributed by atoms with E-state index in [2.05, 4.69) is 10.6 Å². The highest BCUT2D eigenvalue weighted by atomic mass is 32.2. The second-order valence-electron chi connectivity index (χ2n) is 4.95. The van der Waals surface area contributed by atoms with E-state index in [4.69, 9.17) is 4.74 Å². The van der Waals surface area contributed by atoms with Crippen molar-refractivity contribution in [2.45, 2.75) is 0 Å². The second kappa shape index (κ2) is 7.64. The van der Waals surface area contributed by atoms with E-state index < -0.39 is 15.9 Å².